The summed E-state index contributed by atoms with van der Waals surface area (Å²) in [4.78, 5) is 19.0. The van der Waals surface area contributed by atoms with Gasteiger partial charge < -0.3 is 10.2 Å². The van der Waals surface area contributed by atoms with Gasteiger partial charge in [0, 0.05) is 32.0 Å². The Morgan fingerprint density at radius 2 is 2.15 bits per heavy atom. The van der Waals surface area contributed by atoms with E-state index in [9.17, 15) is 4.79 Å². The number of rotatable bonds is 4. The summed E-state index contributed by atoms with van der Waals surface area (Å²) < 4.78 is 0. The molecule has 2 rings (SSSR count). The summed E-state index contributed by atoms with van der Waals surface area (Å²) in [7, 11) is 1.85. The van der Waals surface area contributed by atoms with E-state index in [1.54, 1.807) is 6.20 Å². The fourth-order valence-electron chi connectivity index (χ4n) is 3.04. The van der Waals surface area contributed by atoms with E-state index in [1.165, 1.54) is 0 Å². The van der Waals surface area contributed by atoms with Gasteiger partial charge in [-0.15, -0.1) is 0 Å². The highest BCUT2D eigenvalue weighted by Crippen LogP contribution is 2.37. The van der Waals surface area contributed by atoms with Gasteiger partial charge in [0.25, 0.3) is 5.91 Å². The van der Waals surface area contributed by atoms with Crippen LogP contribution >= 0.6 is 0 Å². The minimum Gasteiger partial charge on any atom is -0.387 e. The molecule has 1 fully saturated rings. The van der Waals surface area contributed by atoms with Gasteiger partial charge in [-0.3, -0.25) is 9.78 Å². The van der Waals surface area contributed by atoms with Gasteiger partial charge in [0.2, 0.25) is 0 Å². The molecule has 1 aliphatic rings. The van der Waals surface area contributed by atoms with E-state index >= 15 is 0 Å². The van der Waals surface area contributed by atoms with Gasteiger partial charge in [-0.05, 0) is 37.7 Å². The molecule has 1 aromatic rings. The largest absolute Gasteiger partial charge is 0.387 e. The van der Waals surface area contributed by atoms with Crippen molar-refractivity contribution in [1.29, 1.82) is 0 Å². The number of likely N-dealkylation sites (tertiary alicyclic amines) is 1. The Kier molecular flexibility index (Phi) is 4.31. The summed E-state index contributed by atoms with van der Waals surface area (Å²) in [5, 5.41) is 3.10. The van der Waals surface area contributed by atoms with Crippen molar-refractivity contribution >= 4 is 11.6 Å². The van der Waals surface area contributed by atoms with E-state index in [4.69, 9.17) is 0 Å². The minimum absolute atomic E-state index is 0.102. The Balaban J connectivity index is 2.21. The zero-order valence-electron chi connectivity index (χ0n) is 13.0. The molecule has 0 saturated carbocycles. The highest BCUT2D eigenvalue weighted by molar-refractivity contribution is 5.99. The SMILES string of the molecule is CCC1(CC)CCN(C(=O)c2cnc(C)cc2NC)C1. The molecule has 0 aromatic carbocycles. The Morgan fingerprint density at radius 3 is 2.70 bits per heavy atom. The molecular formula is C16H25N3O. The van der Waals surface area contributed by atoms with Gasteiger partial charge in [0.05, 0.1) is 11.3 Å². The van der Waals surface area contributed by atoms with Crippen LogP contribution in [0.4, 0.5) is 5.69 Å². The van der Waals surface area contributed by atoms with E-state index in [0.29, 0.717) is 11.0 Å². The van der Waals surface area contributed by atoms with Crippen molar-refractivity contribution in [2.24, 2.45) is 5.41 Å². The van der Waals surface area contributed by atoms with Crippen molar-refractivity contribution in [3.8, 4) is 0 Å². The van der Waals surface area contributed by atoms with Crippen molar-refractivity contribution < 1.29 is 4.79 Å². The number of aryl methyl sites for hydroxylation is 1. The molecule has 1 amide bonds. The number of amides is 1. The Hall–Kier alpha value is -1.58. The van der Waals surface area contributed by atoms with Gasteiger partial charge >= 0.3 is 0 Å². The average molecular weight is 275 g/mol. The molecule has 1 N–H and O–H groups in total. The van der Waals surface area contributed by atoms with Crippen molar-refractivity contribution in [1.82, 2.24) is 9.88 Å². The normalized spacial score (nSPS) is 17.3. The van der Waals surface area contributed by atoms with E-state index in [0.717, 1.165) is 43.7 Å². The predicted molar refractivity (Wildman–Crippen MR) is 82.1 cm³/mol. The fraction of sp³-hybridized carbons (Fsp3) is 0.625. The number of aromatic nitrogens is 1. The van der Waals surface area contributed by atoms with Gasteiger partial charge in [-0.25, -0.2) is 0 Å². The van der Waals surface area contributed by atoms with Crippen molar-refractivity contribution in [3.05, 3.63) is 23.5 Å². The second-order valence-electron chi connectivity index (χ2n) is 5.81. The monoisotopic (exact) mass is 275 g/mol. The third-order valence-corrected chi connectivity index (χ3v) is 4.77. The van der Waals surface area contributed by atoms with Gasteiger partial charge in [-0.1, -0.05) is 13.8 Å². The van der Waals surface area contributed by atoms with Crippen LogP contribution in [0, 0.1) is 12.3 Å². The molecule has 1 aliphatic heterocycles. The predicted octanol–water partition coefficient (Wildman–Crippen LogP) is 3.08. The maximum Gasteiger partial charge on any atom is 0.257 e. The zero-order chi connectivity index (χ0) is 14.8. The maximum absolute atomic E-state index is 12.7. The van der Waals surface area contributed by atoms with Crippen LogP contribution in [-0.4, -0.2) is 35.9 Å². The topological polar surface area (TPSA) is 45.2 Å². The first kappa shape index (κ1) is 14.8. The molecule has 0 atom stereocenters. The van der Waals surface area contributed by atoms with E-state index in [2.05, 4.69) is 24.1 Å². The van der Waals surface area contributed by atoms with Crippen LogP contribution < -0.4 is 5.32 Å². The molecule has 1 saturated heterocycles. The van der Waals surface area contributed by atoms with Crippen molar-refractivity contribution in [2.75, 3.05) is 25.5 Å². The molecule has 0 bridgehead atoms. The van der Waals surface area contributed by atoms with Crippen LogP contribution in [0.1, 0.15) is 49.2 Å². The highest BCUT2D eigenvalue weighted by atomic mass is 16.2. The van der Waals surface area contributed by atoms with Gasteiger partial charge in [0.1, 0.15) is 0 Å². The van der Waals surface area contributed by atoms with Crippen LogP contribution in [0.3, 0.4) is 0 Å². The molecule has 110 valence electrons. The summed E-state index contributed by atoms with van der Waals surface area (Å²) in [6.07, 6.45) is 5.08. The average Bonchev–Trinajstić information content (AvgIpc) is 2.91. The summed E-state index contributed by atoms with van der Waals surface area (Å²) in [6.45, 7) is 8.12. The standard InChI is InChI=1S/C16H25N3O/c1-5-16(6-2)7-8-19(11-16)15(20)13-10-18-12(3)9-14(13)17-4/h9-10H,5-8,11H2,1-4H3,(H,17,18). The molecule has 0 unspecified atom stereocenters. The Labute approximate surface area is 121 Å². The maximum atomic E-state index is 12.7. The van der Waals surface area contributed by atoms with Crippen LogP contribution in [0.15, 0.2) is 12.3 Å². The quantitative estimate of drug-likeness (QED) is 0.918. The van der Waals surface area contributed by atoms with E-state index in [1.807, 2.05) is 24.9 Å². The molecule has 20 heavy (non-hydrogen) atoms. The number of anilines is 1. The first-order valence-electron chi connectivity index (χ1n) is 7.49. The van der Waals surface area contributed by atoms with Crippen molar-refractivity contribution in [2.45, 2.75) is 40.0 Å². The third-order valence-electron chi connectivity index (χ3n) is 4.77. The number of carbonyl (C=O) groups excluding carboxylic acids is 1. The lowest BCUT2D eigenvalue weighted by Crippen LogP contribution is -2.32. The van der Waals surface area contributed by atoms with Gasteiger partial charge in [-0.2, -0.15) is 0 Å². The number of carbonyl (C=O) groups is 1. The second-order valence-corrected chi connectivity index (χ2v) is 5.81. The summed E-state index contributed by atoms with van der Waals surface area (Å²) in [5.41, 5.74) is 2.78. The molecule has 0 spiro atoms. The lowest BCUT2D eigenvalue weighted by atomic mass is 9.82. The van der Waals surface area contributed by atoms with E-state index in [-0.39, 0.29) is 5.91 Å². The highest BCUT2D eigenvalue weighted by Gasteiger charge is 2.37. The number of nitrogens with one attached hydrogen (secondary N) is 1. The third kappa shape index (κ3) is 2.65. The number of pyridine rings is 1. The first-order chi connectivity index (χ1) is 9.55. The molecular weight excluding hydrogens is 250 g/mol. The molecule has 0 radical (unpaired) electrons. The first-order valence-corrected chi connectivity index (χ1v) is 7.49. The summed E-state index contributed by atoms with van der Waals surface area (Å²) in [5.74, 6) is 0.102. The summed E-state index contributed by atoms with van der Waals surface area (Å²) >= 11 is 0. The number of hydrogen-bond acceptors (Lipinski definition) is 3. The Bertz CT molecular complexity index is 494. The molecule has 4 heteroatoms. The smallest absolute Gasteiger partial charge is 0.257 e. The van der Waals surface area contributed by atoms with E-state index < -0.39 is 0 Å². The summed E-state index contributed by atoms with van der Waals surface area (Å²) in [6, 6.07) is 1.93. The molecule has 0 aliphatic carbocycles. The molecule has 4 nitrogen and oxygen atoms in total. The number of nitrogens with zero attached hydrogens (tertiary/aromatic N) is 2. The lowest BCUT2D eigenvalue weighted by molar-refractivity contribution is 0.0770. The van der Waals surface area contributed by atoms with Crippen LogP contribution in [0.5, 0.6) is 0 Å². The Morgan fingerprint density at radius 1 is 1.45 bits per heavy atom. The van der Waals surface area contributed by atoms with Gasteiger partial charge in [0.15, 0.2) is 0 Å². The van der Waals surface area contributed by atoms with Crippen molar-refractivity contribution in [3.63, 3.8) is 0 Å². The van der Waals surface area contributed by atoms with Crippen LogP contribution in [0.2, 0.25) is 0 Å². The molecule has 2 heterocycles. The molecule has 1 aromatic heterocycles. The van der Waals surface area contributed by atoms with Crippen LogP contribution in [0.25, 0.3) is 0 Å². The minimum atomic E-state index is 0.102. The second kappa shape index (κ2) is 5.81. The lowest BCUT2D eigenvalue weighted by Gasteiger charge is -2.26. The fourth-order valence-corrected chi connectivity index (χ4v) is 3.04. The zero-order valence-corrected chi connectivity index (χ0v) is 13.0. The number of hydrogen-bond donors (Lipinski definition) is 1. The van der Waals surface area contributed by atoms with Crippen LogP contribution in [-0.2, 0) is 0 Å².